The second-order valence-corrected chi connectivity index (χ2v) is 11.9. The molecule has 0 saturated carbocycles. The summed E-state index contributed by atoms with van der Waals surface area (Å²) in [6.45, 7) is 0. The topological polar surface area (TPSA) is 27.3 Å². The summed E-state index contributed by atoms with van der Waals surface area (Å²) in [5.41, 5.74) is 10.8. The summed E-state index contributed by atoms with van der Waals surface area (Å²) in [5.74, 6) is 0. The fraction of sp³-hybridized carbons (Fsp3) is 0. The molecule has 0 atom stereocenters. The van der Waals surface area contributed by atoms with Crippen LogP contribution < -0.4 is 15.5 Å². The molecule has 0 aromatic heterocycles. The molecule has 0 bridgehead atoms. The van der Waals surface area contributed by atoms with Gasteiger partial charge in [0.05, 0.1) is 21.4 Å². The molecule has 0 amide bonds. The lowest BCUT2D eigenvalue weighted by molar-refractivity contribution is 1.28. The zero-order chi connectivity index (χ0) is 32.0. The predicted molar refractivity (Wildman–Crippen MR) is 201 cm³/mol. The van der Waals surface area contributed by atoms with Crippen molar-refractivity contribution in [2.45, 2.75) is 0 Å². The first kappa shape index (κ1) is 30.2. The Morgan fingerprint density at radius 3 is 1.21 bits per heavy atom. The van der Waals surface area contributed by atoms with Crippen molar-refractivity contribution >= 4 is 63.0 Å². The van der Waals surface area contributed by atoms with Crippen molar-refractivity contribution in [3.8, 4) is 22.3 Å². The smallest absolute Gasteiger partial charge is 0.0648 e. The fourth-order valence-electron chi connectivity index (χ4n) is 5.77. The van der Waals surface area contributed by atoms with Gasteiger partial charge in [-0.1, -0.05) is 120 Å². The molecule has 0 aliphatic carbocycles. The fourth-order valence-corrected chi connectivity index (χ4v) is 6.21. The molecule has 0 aliphatic rings. The highest BCUT2D eigenvalue weighted by Gasteiger charge is 2.21. The average molecular weight is 649 g/mol. The molecular formula is C42H31Cl2N3. The summed E-state index contributed by atoms with van der Waals surface area (Å²) in [7, 11) is 0. The molecule has 0 aliphatic heterocycles. The first-order valence-electron chi connectivity index (χ1n) is 15.4. The van der Waals surface area contributed by atoms with E-state index in [-0.39, 0.29) is 0 Å². The zero-order valence-electron chi connectivity index (χ0n) is 25.4. The lowest BCUT2D eigenvalue weighted by Gasteiger charge is -2.28. The molecule has 0 fully saturated rings. The van der Waals surface area contributed by atoms with E-state index in [1.807, 2.05) is 84.9 Å². The lowest BCUT2D eigenvalue weighted by atomic mass is 9.95. The van der Waals surface area contributed by atoms with E-state index in [9.17, 15) is 0 Å². The Hall–Kier alpha value is -5.48. The molecule has 7 aromatic carbocycles. The number of nitrogens with zero attached hydrogens (tertiary/aromatic N) is 1. The largest absolute Gasteiger partial charge is 0.355 e. The molecule has 0 saturated heterocycles. The van der Waals surface area contributed by atoms with Crippen LogP contribution in [0.1, 0.15) is 0 Å². The number of hydrogen-bond donors (Lipinski definition) is 2. The van der Waals surface area contributed by atoms with E-state index in [2.05, 4.69) is 107 Å². The van der Waals surface area contributed by atoms with Crippen LogP contribution in [0.3, 0.4) is 0 Å². The van der Waals surface area contributed by atoms with Crippen LogP contribution in [0.4, 0.5) is 39.8 Å². The summed E-state index contributed by atoms with van der Waals surface area (Å²) >= 11 is 13.8. The van der Waals surface area contributed by atoms with Crippen molar-refractivity contribution in [3.05, 3.63) is 186 Å². The van der Waals surface area contributed by atoms with E-state index in [0.717, 1.165) is 62.1 Å². The van der Waals surface area contributed by atoms with Crippen molar-refractivity contribution in [1.82, 2.24) is 0 Å². The van der Waals surface area contributed by atoms with Crippen molar-refractivity contribution in [2.24, 2.45) is 0 Å². The van der Waals surface area contributed by atoms with Gasteiger partial charge in [0.1, 0.15) is 0 Å². The number of rotatable bonds is 9. The Labute approximate surface area is 285 Å². The molecule has 228 valence electrons. The Bertz CT molecular complexity index is 1980. The number of benzene rings is 7. The van der Waals surface area contributed by atoms with Crippen LogP contribution in [0.2, 0.25) is 10.0 Å². The van der Waals surface area contributed by atoms with Gasteiger partial charge in [0, 0.05) is 39.6 Å². The van der Waals surface area contributed by atoms with E-state index < -0.39 is 0 Å². The van der Waals surface area contributed by atoms with Crippen LogP contribution in [-0.2, 0) is 0 Å². The highest BCUT2D eigenvalue weighted by Crippen LogP contribution is 2.46. The van der Waals surface area contributed by atoms with Crippen LogP contribution in [0.25, 0.3) is 22.3 Å². The summed E-state index contributed by atoms with van der Waals surface area (Å²) in [6, 6.07) is 59.6. The van der Waals surface area contributed by atoms with E-state index in [1.165, 1.54) is 0 Å². The molecule has 2 N–H and O–H groups in total. The number of nitrogens with one attached hydrogen (secondary N) is 2. The van der Waals surface area contributed by atoms with Gasteiger partial charge in [0.2, 0.25) is 0 Å². The number of para-hydroxylation sites is 6. The molecule has 3 nitrogen and oxygen atoms in total. The molecule has 5 heteroatoms. The lowest BCUT2D eigenvalue weighted by Crippen LogP contribution is -2.11. The van der Waals surface area contributed by atoms with Crippen LogP contribution in [0.15, 0.2) is 176 Å². The summed E-state index contributed by atoms with van der Waals surface area (Å²) < 4.78 is 0. The van der Waals surface area contributed by atoms with Gasteiger partial charge in [0.25, 0.3) is 0 Å². The maximum atomic E-state index is 6.91. The normalized spacial score (nSPS) is 10.8. The molecule has 7 rings (SSSR count). The van der Waals surface area contributed by atoms with Crippen molar-refractivity contribution < 1.29 is 0 Å². The first-order chi connectivity index (χ1) is 23.1. The maximum Gasteiger partial charge on any atom is 0.0648 e. The summed E-state index contributed by atoms with van der Waals surface area (Å²) in [4.78, 5) is 2.14. The SMILES string of the molecule is Clc1ccccc1N(c1cc(-c2ccccc2Nc2ccccc2)cc(-c2ccccc2Nc2ccccc2)c1)c1ccccc1Cl. The molecule has 7 aromatic rings. The molecule has 0 spiro atoms. The van der Waals surface area contributed by atoms with E-state index in [0.29, 0.717) is 10.0 Å². The maximum absolute atomic E-state index is 6.91. The Balaban J connectivity index is 1.46. The van der Waals surface area contributed by atoms with Gasteiger partial charge in [-0.25, -0.2) is 0 Å². The van der Waals surface area contributed by atoms with E-state index >= 15 is 0 Å². The third kappa shape index (κ3) is 6.73. The van der Waals surface area contributed by atoms with Crippen LogP contribution in [0.5, 0.6) is 0 Å². The highest BCUT2D eigenvalue weighted by atomic mass is 35.5. The van der Waals surface area contributed by atoms with Crippen molar-refractivity contribution in [1.29, 1.82) is 0 Å². The number of anilines is 7. The minimum Gasteiger partial charge on any atom is -0.355 e. The minimum absolute atomic E-state index is 0.622. The summed E-state index contributed by atoms with van der Waals surface area (Å²) in [6.07, 6.45) is 0. The average Bonchev–Trinajstić information content (AvgIpc) is 3.11. The second-order valence-electron chi connectivity index (χ2n) is 11.1. The van der Waals surface area contributed by atoms with Gasteiger partial charge in [0.15, 0.2) is 0 Å². The standard InChI is InChI=1S/C42H31Cl2N3/c43-37-21-9-13-25-41(37)47(42-26-14-10-22-38(42)44)34-28-30(35-19-7-11-23-39(35)45-32-15-3-1-4-16-32)27-31(29-34)36-20-8-12-24-40(36)46-33-17-5-2-6-18-33/h1-29,45-46H. The van der Waals surface area contributed by atoms with E-state index in [4.69, 9.17) is 23.2 Å². The van der Waals surface area contributed by atoms with Gasteiger partial charge < -0.3 is 15.5 Å². The van der Waals surface area contributed by atoms with Crippen LogP contribution in [0, 0.1) is 0 Å². The summed E-state index contributed by atoms with van der Waals surface area (Å²) in [5, 5.41) is 8.52. The molecule has 0 heterocycles. The zero-order valence-corrected chi connectivity index (χ0v) is 27.0. The Kier molecular flexibility index (Phi) is 8.92. The van der Waals surface area contributed by atoms with Gasteiger partial charge >= 0.3 is 0 Å². The number of halogens is 2. The molecule has 0 unspecified atom stereocenters. The Morgan fingerprint density at radius 1 is 0.383 bits per heavy atom. The molecule has 47 heavy (non-hydrogen) atoms. The first-order valence-corrected chi connectivity index (χ1v) is 16.2. The third-order valence-electron chi connectivity index (χ3n) is 7.94. The van der Waals surface area contributed by atoms with Gasteiger partial charge in [-0.2, -0.15) is 0 Å². The minimum atomic E-state index is 0.622. The Morgan fingerprint density at radius 2 is 0.766 bits per heavy atom. The van der Waals surface area contributed by atoms with Gasteiger partial charge in [-0.3, -0.25) is 0 Å². The third-order valence-corrected chi connectivity index (χ3v) is 8.58. The van der Waals surface area contributed by atoms with E-state index in [1.54, 1.807) is 0 Å². The van der Waals surface area contributed by atoms with Gasteiger partial charge in [-0.05, 0) is 90.0 Å². The quantitative estimate of drug-likeness (QED) is 0.163. The predicted octanol–water partition coefficient (Wildman–Crippen LogP) is 13.3. The number of hydrogen-bond acceptors (Lipinski definition) is 3. The van der Waals surface area contributed by atoms with Crippen LogP contribution in [-0.4, -0.2) is 0 Å². The van der Waals surface area contributed by atoms with Crippen molar-refractivity contribution in [3.63, 3.8) is 0 Å². The van der Waals surface area contributed by atoms with Crippen molar-refractivity contribution in [2.75, 3.05) is 15.5 Å². The monoisotopic (exact) mass is 647 g/mol. The molecular weight excluding hydrogens is 617 g/mol. The highest BCUT2D eigenvalue weighted by molar-refractivity contribution is 6.35. The molecule has 0 radical (unpaired) electrons. The van der Waals surface area contributed by atoms with Gasteiger partial charge in [-0.15, -0.1) is 0 Å². The van der Waals surface area contributed by atoms with Crippen LogP contribution >= 0.6 is 23.2 Å². The second kappa shape index (κ2) is 13.9.